The van der Waals surface area contributed by atoms with Gasteiger partial charge >= 0.3 is 0 Å². The highest BCUT2D eigenvalue weighted by atomic mass is 16.3. The summed E-state index contributed by atoms with van der Waals surface area (Å²) in [6.45, 7) is 5.64. The van der Waals surface area contributed by atoms with E-state index < -0.39 is 0 Å². The van der Waals surface area contributed by atoms with Crippen LogP contribution in [0.4, 0.5) is 0 Å². The Labute approximate surface area is 132 Å². The largest absolute Gasteiger partial charge is 0.393 e. The molecule has 2 aliphatic rings. The van der Waals surface area contributed by atoms with Crippen LogP contribution in [0.5, 0.6) is 0 Å². The molecule has 0 aromatic carbocycles. The SMILES string of the molecule is C=N/C=C\C1=C(C)C(CC(O)C2CCCCC2)n2cncc21. The quantitative estimate of drug-likeness (QED) is 0.842. The van der Waals surface area contributed by atoms with Gasteiger partial charge < -0.3 is 9.67 Å². The molecular weight excluding hydrogens is 274 g/mol. The maximum absolute atomic E-state index is 10.7. The fraction of sp³-hybridized carbons (Fsp3) is 0.556. The zero-order valence-corrected chi connectivity index (χ0v) is 13.3. The van der Waals surface area contributed by atoms with Crippen LogP contribution in [0.1, 0.15) is 57.2 Å². The number of hydrogen-bond donors (Lipinski definition) is 1. The van der Waals surface area contributed by atoms with Crippen LogP contribution in [0.3, 0.4) is 0 Å². The fourth-order valence-corrected chi connectivity index (χ4v) is 3.93. The third-order valence-electron chi connectivity index (χ3n) is 5.21. The van der Waals surface area contributed by atoms with Crippen molar-refractivity contribution in [3.05, 3.63) is 36.1 Å². The Morgan fingerprint density at radius 3 is 2.95 bits per heavy atom. The van der Waals surface area contributed by atoms with Gasteiger partial charge in [0.05, 0.1) is 30.4 Å². The lowest BCUT2D eigenvalue weighted by molar-refractivity contribution is 0.0680. The van der Waals surface area contributed by atoms with Gasteiger partial charge in [-0.1, -0.05) is 19.3 Å². The summed E-state index contributed by atoms with van der Waals surface area (Å²) in [5, 5.41) is 10.7. The van der Waals surface area contributed by atoms with Crippen molar-refractivity contribution in [3.63, 3.8) is 0 Å². The summed E-state index contributed by atoms with van der Waals surface area (Å²) >= 11 is 0. The second-order valence-corrected chi connectivity index (χ2v) is 6.50. The van der Waals surface area contributed by atoms with Crippen molar-refractivity contribution in [2.24, 2.45) is 10.9 Å². The highest BCUT2D eigenvalue weighted by Crippen LogP contribution is 2.41. The fourth-order valence-electron chi connectivity index (χ4n) is 3.93. The van der Waals surface area contributed by atoms with Gasteiger partial charge in [0.15, 0.2) is 0 Å². The van der Waals surface area contributed by atoms with E-state index in [1.165, 1.54) is 37.7 Å². The first-order valence-electron chi connectivity index (χ1n) is 8.25. The molecule has 0 radical (unpaired) electrons. The number of aromatic nitrogens is 2. The molecule has 118 valence electrons. The molecule has 1 N–H and O–H groups in total. The van der Waals surface area contributed by atoms with Crippen LogP contribution in [0.2, 0.25) is 0 Å². The van der Waals surface area contributed by atoms with E-state index in [2.05, 4.69) is 28.2 Å². The number of nitrogens with zero attached hydrogens (tertiary/aromatic N) is 3. The summed E-state index contributed by atoms with van der Waals surface area (Å²) < 4.78 is 2.18. The first-order valence-corrected chi connectivity index (χ1v) is 8.25. The standard InChI is InChI=1S/C18H25N3O/c1-13-15(8-9-19-2)17-11-20-12-21(17)16(13)10-18(22)14-6-4-3-5-7-14/h8-9,11-12,14,16,18,22H,2-7,10H2,1H3/b9-8-. The van der Waals surface area contributed by atoms with E-state index in [-0.39, 0.29) is 12.1 Å². The zero-order chi connectivity index (χ0) is 15.5. The molecule has 3 rings (SSSR count). The maximum Gasteiger partial charge on any atom is 0.0956 e. The Bertz CT molecular complexity index is 593. The van der Waals surface area contributed by atoms with Gasteiger partial charge in [0, 0.05) is 11.8 Å². The molecule has 1 saturated carbocycles. The minimum atomic E-state index is -0.226. The van der Waals surface area contributed by atoms with E-state index >= 15 is 0 Å². The summed E-state index contributed by atoms with van der Waals surface area (Å²) in [5.74, 6) is 0.461. The first-order chi connectivity index (χ1) is 10.7. The third-order valence-corrected chi connectivity index (χ3v) is 5.21. The summed E-state index contributed by atoms with van der Waals surface area (Å²) in [5.41, 5.74) is 3.55. The summed E-state index contributed by atoms with van der Waals surface area (Å²) in [6.07, 6.45) is 14.2. The lowest BCUT2D eigenvalue weighted by Gasteiger charge is -2.29. The van der Waals surface area contributed by atoms with E-state index in [1.807, 2.05) is 18.6 Å². The predicted octanol–water partition coefficient (Wildman–Crippen LogP) is 3.76. The van der Waals surface area contributed by atoms with Gasteiger partial charge in [-0.2, -0.15) is 0 Å². The number of aliphatic hydroxyl groups excluding tert-OH is 1. The van der Waals surface area contributed by atoms with Crippen LogP contribution in [0.15, 0.2) is 35.4 Å². The second kappa shape index (κ2) is 6.61. The van der Waals surface area contributed by atoms with Crippen molar-refractivity contribution in [2.75, 3.05) is 0 Å². The predicted molar refractivity (Wildman–Crippen MR) is 89.7 cm³/mol. The number of rotatable bonds is 5. The molecule has 0 bridgehead atoms. The number of aliphatic imine (C=N–C) groups is 1. The van der Waals surface area contributed by atoms with Gasteiger partial charge in [-0.3, -0.25) is 4.99 Å². The Hall–Kier alpha value is -1.68. The van der Waals surface area contributed by atoms with Crippen molar-refractivity contribution in [3.8, 4) is 0 Å². The van der Waals surface area contributed by atoms with Crippen molar-refractivity contribution >= 4 is 12.3 Å². The highest BCUT2D eigenvalue weighted by molar-refractivity contribution is 5.77. The van der Waals surface area contributed by atoms with Gasteiger partial charge in [-0.05, 0) is 50.5 Å². The van der Waals surface area contributed by atoms with Gasteiger partial charge in [0.25, 0.3) is 0 Å². The van der Waals surface area contributed by atoms with E-state index in [0.717, 1.165) is 17.7 Å². The Morgan fingerprint density at radius 2 is 2.23 bits per heavy atom. The number of allylic oxidation sites excluding steroid dienone is 3. The average Bonchev–Trinajstić information content (AvgIpc) is 3.10. The van der Waals surface area contributed by atoms with Gasteiger partial charge in [-0.15, -0.1) is 0 Å². The Balaban J connectivity index is 1.79. The molecule has 22 heavy (non-hydrogen) atoms. The molecule has 1 aliphatic heterocycles. The van der Waals surface area contributed by atoms with Gasteiger partial charge in [-0.25, -0.2) is 4.98 Å². The van der Waals surface area contributed by atoms with Crippen LogP contribution in [0.25, 0.3) is 5.57 Å². The molecule has 1 aromatic rings. The van der Waals surface area contributed by atoms with Crippen LogP contribution in [-0.2, 0) is 0 Å². The van der Waals surface area contributed by atoms with E-state index in [1.54, 1.807) is 6.20 Å². The second-order valence-electron chi connectivity index (χ2n) is 6.50. The lowest BCUT2D eigenvalue weighted by atomic mass is 9.82. The van der Waals surface area contributed by atoms with Crippen LogP contribution >= 0.6 is 0 Å². The number of fused-ring (bicyclic) bond motifs is 1. The van der Waals surface area contributed by atoms with Crippen molar-refractivity contribution in [2.45, 2.75) is 57.6 Å². The molecule has 0 spiro atoms. The third kappa shape index (κ3) is 2.80. The first kappa shape index (κ1) is 15.2. The molecule has 2 atom stereocenters. The normalized spacial score (nSPS) is 24.0. The minimum Gasteiger partial charge on any atom is -0.393 e. The molecule has 4 nitrogen and oxygen atoms in total. The molecule has 2 heterocycles. The molecule has 0 saturated heterocycles. The summed E-state index contributed by atoms with van der Waals surface area (Å²) in [7, 11) is 0. The molecule has 4 heteroatoms. The summed E-state index contributed by atoms with van der Waals surface area (Å²) in [6, 6.07) is 0.207. The van der Waals surface area contributed by atoms with Crippen LogP contribution < -0.4 is 0 Å². The topological polar surface area (TPSA) is 50.4 Å². The lowest BCUT2D eigenvalue weighted by Crippen LogP contribution is -2.26. The highest BCUT2D eigenvalue weighted by Gasteiger charge is 2.31. The van der Waals surface area contributed by atoms with Crippen molar-refractivity contribution < 1.29 is 5.11 Å². The summed E-state index contributed by atoms with van der Waals surface area (Å²) in [4.78, 5) is 8.08. The van der Waals surface area contributed by atoms with E-state index in [0.29, 0.717) is 5.92 Å². The monoisotopic (exact) mass is 299 g/mol. The van der Waals surface area contributed by atoms with Gasteiger partial charge in [0.2, 0.25) is 0 Å². The minimum absolute atomic E-state index is 0.207. The molecule has 2 unspecified atom stereocenters. The average molecular weight is 299 g/mol. The van der Waals surface area contributed by atoms with Gasteiger partial charge in [0.1, 0.15) is 0 Å². The molecule has 1 aliphatic carbocycles. The smallest absolute Gasteiger partial charge is 0.0956 e. The Kier molecular flexibility index (Phi) is 4.57. The molecule has 1 fully saturated rings. The van der Waals surface area contributed by atoms with Crippen LogP contribution in [-0.4, -0.2) is 27.5 Å². The maximum atomic E-state index is 10.7. The molecule has 1 aromatic heterocycles. The number of imidazole rings is 1. The molecular formula is C18H25N3O. The van der Waals surface area contributed by atoms with E-state index in [4.69, 9.17) is 0 Å². The van der Waals surface area contributed by atoms with E-state index in [9.17, 15) is 5.11 Å². The van der Waals surface area contributed by atoms with Crippen molar-refractivity contribution in [1.82, 2.24) is 9.55 Å². The number of aliphatic hydroxyl groups is 1. The zero-order valence-electron chi connectivity index (χ0n) is 13.3. The van der Waals surface area contributed by atoms with Crippen LogP contribution in [0, 0.1) is 5.92 Å². The molecule has 0 amide bonds. The Morgan fingerprint density at radius 1 is 1.45 bits per heavy atom. The van der Waals surface area contributed by atoms with Crippen molar-refractivity contribution in [1.29, 1.82) is 0 Å². The number of hydrogen-bond acceptors (Lipinski definition) is 3.